The number of amides is 1. The van der Waals surface area contributed by atoms with Gasteiger partial charge in [-0.3, -0.25) is 14.5 Å². The zero-order chi connectivity index (χ0) is 21.6. The van der Waals surface area contributed by atoms with E-state index < -0.39 is 0 Å². The Kier molecular flexibility index (Phi) is 6.25. The molecule has 1 aliphatic heterocycles. The Balaban J connectivity index is 1.23. The highest BCUT2D eigenvalue weighted by Crippen LogP contribution is 2.21. The van der Waals surface area contributed by atoms with E-state index in [2.05, 4.69) is 36.0 Å². The number of nitrogens with one attached hydrogen (secondary N) is 3. The fraction of sp³-hybridized carbons (Fsp3) is 0.381. The number of hydrogen-bond acceptors (Lipinski definition) is 6. The Bertz CT molecular complexity index is 1070. The normalized spacial score (nSPS) is 14.3. The number of aromatic nitrogens is 4. The number of nitrogens with zero attached hydrogens (tertiary/aromatic N) is 6. The van der Waals surface area contributed by atoms with E-state index in [1.807, 2.05) is 36.2 Å². The van der Waals surface area contributed by atoms with E-state index in [0.29, 0.717) is 26.1 Å². The third kappa shape index (κ3) is 4.73. The summed E-state index contributed by atoms with van der Waals surface area (Å²) in [4.78, 5) is 26.5. The predicted octanol–water partition coefficient (Wildman–Crippen LogP) is 1.27. The minimum absolute atomic E-state index is 0.204. The number of carbonyl (C=O) groups is 1. The van der Waals surface area contributed by atoms with E-state index in [-0.39, 0.29) is 5.91 Å². The molecular weight excluding hydrogens is 394 g/mol. The topological polar surface area (TPSA) is 112 Å². The van der Waals surface area contributed by atoms with Crippen LogP contribution in [-0.4, -0.2) is 58.3 Å². The van der Waals surface area contributed by atoms with Crippen LogP contribution in [0.3, 0.4) is 0 Å². The fourth-order valence-corrected chi connectivity index (χ4v) is 3.59. The first-order valence-electron chi connectivity index (χ1n) is 10.4. The number of hydrogen-bond donors (Lipinski definition) is 3. The lowest BCUT2D eigenvalue weighted by molar-refractivity contribution is -0.117. The molecule has 0 atom stereocenters. The minimum Gasteiger partial charge on any atom is -0.368 e. The second kappa shape index (κ2) is 9.41. The molecular formula is C21H27N9O. The third-order valence-electron chi connectivity index (χ3n) is 5.24. The van der Waals surface area contributed by atoms with Crippen LogP contribution >= 0.6 is 0 Å². The second-order valence-electron chi connectivity index (χ2n) is 7.32. The number of aliphatic imine (C=N–C) groups is 1. The summed E-state index contributed by atoms with van der Waals surface area (Å²) in [5.74, 6) is 1.68. The molecule has 3 N–H and O–H groups in total. The number of benzene rings is 1. The molecule has 3 aromatic rings. The van der Waals surface area contributed by atoms with E-state index >= 15 is 0 Å². The number of fused-ring (bicyclic) bond motifs is 1. The lowest BCUT2D eigenvalue weighted by Gasteiger charge is -2.16. The highest BCUT2D eigenvalue weighted by molar-refractivity contribution is 5.95. The van der Waals surface area contributed by atoms with Crippen molar-refractivity contribution in [3.8, 4) is 0 Å². The molecule has 10 heteroatoms. The zero-order valence-electron chi connectivity index (χ0n) is 17.8. The minimum atomic E-state index is 0.204. The molecule has 0 bridgehead atoms. The molecule has 31 heavy (non-hydrogen) atoms. The van der Waals surface area contributed by atoms with Gasteiger partial charge in [-0.2, -0.15) is 5.10 Å². The molecule has 4 rings (SSSR count). The first kappa shape index (κ1) is 20.6. The lowest BCUT2D eigenvalue weighted by Crippen LogP contribution is -2.39. The summed E-state index contributed by atoms with van der Waals surface area (Å²) in [6, 6.07) is 8.08. The van der Waals surface area contributed by atoms with Crippen molar-refractivity contribution >= 4 is 34.4 Å². The molecule has 2 aromatic heterocycles. The highest BCUT2D eigenvalue weighted by Gasteiger charge is 2.21. The summed E-state index contributed by atoms with van der Waals surface area (Å²) < 4.78 is 1.72. The van der Waals surface area contributed by atoms with Crippen LogP contribution in [0, 0.1) is 0 Å². The van der Waals surface area contributed by atoms with Gasteiger partial charge in [0.25, 0.3) is 0 Å². The average molecular weight is 422 g/mol. The van der Waals surface area contributed by atoms with Gasteiger partial charge in [0.15, 0.2) is 11.6 Å². The van der Waals surface area contributed by atoms with Crippen LogP contribution in [0.5, 0.6) is 0 Å². The highest BCUT2D eigenvalue weighted by atomic mass is 16.2. The largest absolute Gasteiger partial charge is 0.368 e. The van der Waals surface area contributed by atoms with Gasteiger partial charge >= 0.3 is 0 Å². The number of anilines is 2. The van der Waals surface area contributed by atoms with Crippen molar-refractivity contribution in [3.05, 3.63) is 42.4 Å². The summed E-state index contributed by atoms with van der Waals surface area (Å²) in [5.41, 5.74) is 2.88. The van der Waals surface area contributed by atoms with Crippen molar-refractivity contribution in [2.75, 3.05) is 36.9 Å². The molecule has 10 nitrogen and oxygen atoms in total. The maximum absolute atomic E-state index is 11.9. The third-order valence-corrected chi connectivity index (χ3v) is 5.24. The Morgan fingerprint density at radius 1 is 1.16 bits per heavy atom. The molecule has 1 fully saturated rings. The molecule has 1 saturated heterocycles. The molecule has 0 spiro atoms. The average Bonchev–Trinajstić information content (AvgIpc) is 3.40. The van der Waals surface area contributed by atoms with Crippen LogP contribution in [0.15, 0.2) is 41.8 Å². The van der Waals surface area contributed by atoms with Gasteiger partial charge in [0.05, 0.1) is 11.6 Å². The van der Waals surface area contributed by atoms with Crippen molar-refractivity contribution in [2.24, 2.45) is 12.0 Å². The van der Waals surface area contributed by atoms with Crippen LogP contribution in [0.2, 0.25) is 0 Å². The molecule has 1 amide bonds. The summed E-state index contributed by atoms with van der Waals surface area (Å²) in [6.45, 7) is 2.79. The maximum Gasteiger partial charge on any atom is 0.227 e. The van der Waals surface area contributed by atoms with Gasteiger partial charge in [-0.1, -0.05) is 12.1 Å². The summed E-state index contributed by atoms with van der Waals surface area (Å²) >= 11 is 0. The molecule has 1 aromatic carbocycles. The number of rotatable bonds is 7. The van der Waals surface area contributed by atoms with Gasteiger partial charge in [-0.15, -0.1) is 0 Å². The van der Waals surface area contributed by atoms with Gasteiger partial charge < -0.3 is 20.9 Å². The van der Waals surface area contributed by atoms with E-state index in [9.17, 15) is 4.79 Å². The fourth-order valence-electron chi connectivity index (χ4n) is 3.59. The summed E-state index contributed by atoms with van der Waals surface area (Å²) in [5, 5.41) is 15.0. The Morgan fingerprint density at radius 2 is 2.00 bits per heavy atom. The van der Waals surface area contributed by atoms with Crippen molar-refractivity contribution in [2.45, 2.75) is 19.4 Å². The van der Waals surface area contributed by atoms with Crippen LogP contribution in [0.4, 0.5) is 11.5 Å². The molecule has 0 saturated carbocycles. The van der Waals surface area contributed by atoms with Gasteiger partial charge in [0.2, 0.25) is 5.91 Å². The molecule has 0 aliphatic carbocycles. The smallest absolute Gasteiger partial charge is 0.227 e. The molecule has 162 valence electrons. The Hall–Kier alpha value is -3.69. The van der Waals surface area contributed by atoms with E-state index in [1.54, 1.807) is 17.9 Å². The van der Waals surface area contributed by atoms with Gasteiger partial charge in [0, 0.05) is 52.4 Å². The maximum atomic E-state index is 11.9. The molecule has 0 unspecified atom stereocenters. The Labute approximate surface area is 180 Å². The van der Waals surface area contributed by atoms with Crippen LogP contribution in [-0.2, 0) is 18.4 Å². The quantitative estimate of drug-likeness (QED) is 0.299. The number of carbonyl (C=O) groups excluding carboxylic acids is 1. The zero-order valence-corrected chi connectivity index (χ0v) is 17.8. The first-order valence-corrected chi connectivity index (χ1v) is 10.4. The molecule has 1 aliphatic rings. The van der Waals surface area contributed by atoms with E-state index in [0.717, 1.165) is 47.0 Å². The number of aryl methyl sites for hydroxylation is 1. The van der Waals surface area contributed by atoms with Crippen LogP contribution < -0.4 is 20.9 Å². The lowest BCUT2D eigenvalue weighted by atomic mass is 10.2. The van der Waals surface area contributed by atoms with Gasteiger partial charge in [0.1, 0.15) is 12.1 Å². The number of guanidine groups is 1. The molecule has 0 radical (unpaired) electrons. The second-order valence-corrected chi connectivity index (χ2v) is 7.32. The first-order chi connectivity index (χ1) is 15.2. The van der Waals surface area contributed by atoms with Crippen LogP contribution in [0.25, 0.3) is 11.0 Å². The summed E-state index contributed by atoms with van der Waals surface area (Å²) in [7, 11) is 3.60. The van der Waals surface area contributed by atoms with Gasteiger partial charge in [-0.05, 0) is 24.1 Å². The van der Waals surface area contributed by atoms with Gasteiger partial charge in [-0.25, -0.2) is 9.97 Å². The van der Waals surface area contributed by atoms with E-state index in [1.165, 1.54) is 6.33 Å². The van der Waals surface area contributed by atoms with E-state index in [4.69, 9.17) is 0 Å². The monoisotopic (exact) mass is 421 g/mol. The van der Waals surface area contributed by atoms with Crippen molar-refractivity contribution < 1.29 is 4.79 Å². The van der Waals surface area contributed by atoms with Crippen molar-refractivity contribution in [1.29, 1.82) is 0 Å². The predicted molar refractivity (Wildman–Crippen MR) is 121 cm³/mol. The molecule has 3 heterocycles. The standard InChI is InChI=1S/C21H27N9O/c1-22-21(24-10-9-23-19-17-13-28-29(2)20(17)27-14-26-19)25-12-15-5-7-16(8-6-15)30-11-3-4-18(30)31/h5-8,13-14H,3-4,9-12H2,1-2H3,(H2,22,24,25)(H,23,26,27). The van der Waals surface area contributed by atoms with Crippen LogP contribution in [0.1, 0.15) is 18.4 Å². The Morgan fingerprint density at radius 3 is 2.74 bits per heavy atom. The summed E-state index contributed by atoms with van der Waals surface area (Å²) in [6.07, 6.45) is 4.87. The SMILES string of the molecule is CN=C(NCCNc1ncnc2c1cnn2C)NCc1ccc(N2CCCC2=O)cc1. The van der Waals surface area contributed by atoms with Crippen molar-refractivity contribution in [3.63, 3.8) is 0 Å². The van der Waals surface area contributed by atoms with Crippen molar-refractivity contribution in [1.82, 2.24) is 30.4 Å².